The standard InChI is InChI=1S/C34H44Cl2F2N2O3Si/c1-31(2,44(5)6)19-42-20-33(15-8-7-9-16-33)18-26-34(39,23-14-13-21(35)17-25(23)37)27(22-11-10-12-24(36)28(22)38)29-30(41)43-32(3,4)40(26)29/h7-8,10-14,17,26-27,29,44H,9,15-16,18-20,39H2,1-6H3. The van der Waals surface area contributed by atoms with Gasteiger partial charge in [0.25, 0.3) is 0 Å². The molecule has 0 amide bonds. The molecule has 2 heterocycles. The Labute approximate surface area is 271 Å². The van der Waals surface area contributed by atoms with Crippen LogP contribution in [0.5, 0.6) is 0 Å². The fourth-order valence-corrected chi connectivity index (χ4v) is 8.23. The van der Waals surface area contributed by atoms with Crippen molar-refractivity contribution in [2.75, 3.05) is 13.2 Å². The number of carbonyl (C=O) groups is 1. The molecule has 0 radical (unpaired) electrons. The lowest BCUT2D eigenvalue weighted by atomic mass is 9.65. The van der Waals surface area contributed by atoms with Crippen LogP contribution in [0.2, 0.25) is 28.2 Å². The van der Waals surface area contributed by atoms with Gasteiger partial charge >= 0.3 is 5.97 Å². The largest absolute Gasteiger partial charge is 0.443 e. The van der Waals surface area contributed by atoms with Crippen LogP contribution in [0.15, 0.2) is 48.6 Å². The van der Waals surface area contributed by atoms with Crippen molar-refractivity contribution >= 4 is 38.0 Å². The van der Waals surface area contributed by atoms with E-state index >= 15 is 8.78 Å². The fourth-order valence-electron chi connectivity index (χ4n) is 7.44. The third-order valence-electron chi connectivity index (χ3n) is 10.6. The zero-order valence-corrected chi connectivity index (χ0v) is 29.1. The maximum atomic E-state index is 16.1. The van der Waals surface area contributed by atoms with Crippen molar-refractivity contribution in [3.63, 3.8) is 0 Å². The predicted octanol–water partition coefficient (Wildman–Crippen LogP) is 7.96. The highest BCUT2D eigenvalue weighted by atomic mass is 35.5. The van der Waals surface area contributed by atoms with Crippen molar-refractivity contribution in [1.29, 1.82) is 0 Å². The smallest absolute Gasteiger partial charge is 0.325 e. The Balaban J connectivity index is 1.68. The number of allylic oxidation sites excluding steroid dienone is 2. The van der Waals surface area contributed by atoms with Gasteiger partial charge in [0.1, 0.15) is 17.7 Å². The van der Waals surface area contributed by atoms with Crippen molar-refractivity contribution in [3.05, 3.63) is 81.4 Å². The van der Waals surface area contributed by atoms with Gasteiger partial charge in [-0.25, -0.2) is 13.7 Å². The molecule has 240 valence electrons. The van der Waals surface area contributed by atoms with Crippen LogP contribution >= 0.6 is 23.2 Å². The third-order valence-corrected chi connectivity index (χ3v) is 14.4. The third kappa shape index (κ3) is 5.80. The van der Waals surface area contributed by atoms with Gasteiger partial charge in [0.2, 0.25) is 0 Å². The molecule has 2 N–H and O–H groups in total. The number of esters is 1. The molecule has 0 bridgehead atoms. The van der Waals surface area contributed by atoms with Crippen LogP contribution in [0.25, 0.3) is 0 Å². The van der Waals surface area contributed by atoms with Gasteiger partial charge in [-0.2, -0.15) is 0 Å². The summed E-state index contributed by atoms with van der Waals surface area (Å²) >= 11 is 12.5. The highest BCUT2D eigenvalue weighted by molar-refractivity contribution is 6.59. The minimum atomic E-state index is -1.56. The van der Waals surface area contributed by atoms with Crippen molar-refractivity contribution in [1.82, 2.24) is 4.90 Å². The van der Waals surface area contributed by atoms with Crippen molar-refractivity contribution in [2.24, 2.45) is 11.1 Å². The molecule has 2 aromatic carbocycles. The molecule has 2 aromatic rings. The molecule has 2 fully saturated rings. The van der Waals surface area contributed by atoms with Crippen LogP contribution in [-0.4, -0.2) is 50.7 Å². The molecule has 0 spiro atoms. The monoisotopic (exact) mass is 664 g/mol. The molecule has 5 unspecified atom stereocenters. The molecular formula is C34H44Cl2F2N2O3Si. The summed E-state index contributed by atoms with van der Waals surface area (Å²) in [7, 11) is -0.992. The summed E-state index contributed by atoms with van der Waals surface area (Å²) in [6.45, 7) is 13.9. The molecule has 5 rings (SSSR count). The van der Waals surface area contributed by atoms with Crippen LogP contribution in [0.3, 0.4) is 0 Å². The van der Waals surface area contributed by atoms with Crippen LogP contribution in [-0.2, 0) is 19.8 Å². The number of hydrogen-bond donors (Lipinski definition) is 1. The lowest BCUT2D eigenvalue weighted by molar-refractivity contribution is -0.153. The fraction of sp³-hybridized carbons (Fsp3) is 0.559. The molecule has 10 heteroatoms. The molecule has 0 aromatic heterocycles. The first kappa shape index (κ1) is 33.5. The Kier molecular flexibility index (Phi) is 9.21. The molecule has 0 saturated carbocycles. The second-order valence-corrected chi connectivity index (χ2v) is 19.2. The van der Waals surface area contributed by atoms with E-state index in [0.29, 0.717) is 19.6 Å². The van der Waals surface area contributed by atoms with E-state index in [0.717, 1.165) is 19.3 Å². The highest BCUT2D eigenvalue weighted by Crippen LogP contribution is 2.59. The summed E-state index contributed by atoms with van der Waals surface area (Å²) in [6.07, 6.45) is 7.26. The van der Waals surface area contributed by atoms with Gasteiger partial charge in [0.05, 0.1) is 17.2 Å². The zero-order chi connectivity index (χ0) is 32.2. The molecular weight excluding hydrogens is 621 g/mol. The van der Waals surface area contributed by atoms with E-state index in [9.17, 15) is 4.79 Å². The summed E-state index contributed by atoms with van der Waals surface area (Å²) in [5, 5.41) is 0.232. The summed E-state index contributed by atoms with van der Waals surface area (Å²) in [6, 6.07) is 7.45. The Morgan fingerprint density at radius 3 is 2.52 bits per heavy atom. The molecule has 44 heavy (non-hydrogen) atoms. The zero-order valence-electron chi connectivity index (χ0n) is 26.4. The first-order chi connectivity index (χ1) is 20.5. The van der Waals surface area contributed by atoms with E-state index in [1.54, 1.807) is 24.3 Å². The van der Waals surface area contributed by atoms with Gasteiger partial charge in [-0.05, 0) is 73.7 Å². The minimum absolute atomic E-state index is 0.0966. The number of hydrogen-bond acceptors (Lipinski definition) is 5. The summed E-state index contributed by atoms with van der Waals surface area (Å²) < 4.78 is 44.5. The van der Waals surface area contributed by atoms with Gasteiger partial charge in [-0.15, -0.1) is 0 Å². The highest BCUT2D eigenvalue weighted by Gasteiger charge is 2.69. The first-order valence-electron chi connectivity index (χ1n) is 15.5. The van der Waals surface area contributed by atoms with Gasteiger partial charge < -0.3 is 15.2 Å². The van der Waals surface area contributed by atoms with Crippen LogP contribution in [0.1, 0.15) is 70.4 Å². The maximum absolute atomic E-state index is 16.1. The normalized spacial score (nSPS) is 30.2. The Hall–Kier alpha value is -1.81. The van der Waals surface area contributed by atoms with Crippen LogP contribution in [0, 0.1) is 17.0 Å². The Morgan fingerprint density at radius 1 is 1.16 bits per heavy atom. The number of rotatable bonds is 9. The number of halogens is 4. The van der Waals surface area contributed by atoms with E-state index in [1.165, 1.54) is 12.1 Å². The van der Waals surface area contributed by atoms with Crippen molar-refractivity contribution < 1.29 is 23.0 Å². The van der Waals surface area contributed by atoms with Gasteiger partial charge in [-0.3, -0.25) is 4.79 Å². The van der Waals surface area contributed by atoms with Crippen LogP contribution in [0.4, 0.5) is 8.78 Å². The van der Waals surface area contributed by atoms with Gasteiger partial charge in [0, 0.05) is 37.9 Å². The summed E-state index contributed by atoms with van der Waals surface area (Å²) in [5.74, 6) is -2.81. The lowest BCUT2D eigenvalue weighted by Crippen LogP contribution is -2.58. The van der Waals surface area contributed by atoms with Crippen molar-refractivity contribution in [3.8, 4) is 0 Å². The number of nitrogens with zero attached hydrogens (tertiary/aromatic N) is 1. The molecule has 5 nitrogen and oxygen atoms in total. The molecule has 5 atom stereocenters. The Bertz CT molecular complexity index is 1450. The number of benzene rings is 2. The average Bonchev–Trinajstić information content (AvgIpc) is 3.33. The van der Waals surface area contributed by atoms with Crippen LogP contribution < -0.4 is 5.73 Å². The van der Waals surface area contributed by atoms with E-state index in [4.69, 9.17) is 38.4 Å². The maximum Gasteiger partial charge on any atom is 0.325 e. The number of nitrogens with two attached hydrogens (primary N) is 1. The lowest BCUT2D eigenvalue weighted by Gasteiger charge is -2.47. The molecule has 2 aliphatic heterocycles. The van der Waals surface area contributed by atoms with E-state index in [1.807, 2.05) is 18.7 Å². The molecule has 3 aliphatic rings. The number of carbonyl (C=O) groups excluding carboxylic acids is 1. The van der Waals surface area contributed by atoms with Gasteiger partial charge in [-0.1, -0.05) is 80.5 Å². The molecule has 1 aliphatic carbocycles. The second-order valence-electron chi connectivity index (χ2n) is 14.5. The number of fused-ring (bicyclic) bond motifs is 1. The summed E-state index contributed by atoms with van der Waals surface area (Å²) in [5.41, 5.74) is 4.90. The molecule has 2 saturated heterocycles. The average molecular weight is 666 g/mol. The SMILES string of the molecule is C[SiH](C)C(C)(C)COCC1(CC2N3C(C(=O)OC3(C)C)C(c3cccc(Cl)c3F)C2(N)c2ccc(Cl)cc2F)CC=CCC1. The number of ether oxygens (including phenoxy) is 2. The second kappa shape index (κ2) is 12.1. The quantitative estimate of drug-likeness (QED) is 0.167. The summed E-state index contributed by atoms with van der Waals surface area (Å²) in [4.78, 5) is 15.7. The van der Waals surface area contributed by atoms with E-state index in [-0.39, 0.29) is 31.6 Å². The number of cyclic esters (lactones) is 1. The topological polar surface area (TPSA) is 64.8 Å². The predicted molar refractivity (Wildman–Crippen MR) is 175 cm³/mol. The van der Waals surface area contributed by atoms with Crippen molar-refractivity contribution in [2.45, 2.75) is 101 Å². The van der Waals surface area contributed by atoms with E-state index in [2.05, 4.69) is 39.1 Å². The first-order valence-corrected chi connectivity index (χ1v) is 19.1. The Morgan fingerprint density at radius 2 is 1.89 bits per heavy atom. The van der Waals surface area contributed by atoms with Gasteiger partial charge in [0.15, 0.2) is 5.72 Å². The van der Waals surface area contributed by atoms with E-state index < -0.39 is 55.7 Å². The minimum Gasteiger partial charge on any atom is -0.443 e.